The molecule has 0 aromatic carbocycles. The van der Waals surface area contributed by atoms with Crippen molar-refractivity contribution >= 4 is 0 Å². The highest BCUT2D eigenvalue weighted by Gasteiger charge is 2.49. The predicted molar refractivity (Wildman–Crippen MR) is 45.4 cm³/mol. The minimum Gasteiger partial charge on any atom is -0.380 e. The summed E-state index contributed by atoms with van der Waals surface area (Å²) >= 11 is 0. The molecule has 1 aliphatic heterocycles. The van der Waals surface area contributed by atoms with Crippen LogP contribution in [-0.4, -0.2) is 13.2 Å². The van der Waals surface area contributed by atoms with E-state index in [0.29, 0.717) is 5.41 Å². The quantitative estimate of drug-likeness (QED) is 0.563. The molecule has 1 aliphatic carbocycles. The normalized spacial score (nSPS) is 34.6. The summed E-state index contributed by atoms with van der Waals surface area (Å²) in [6, 6.07) is 0. The Morgan fingerprint density at radius 1 is 1.36 bits per heavy atom. The van der Waals surface area contributed by atoms with Gasteiger partial charge >= 0.3 is 0 Å². The smallest absolute Gasteiger partial charge is 0.0547 e. The van der Waals surface area contributed by atoms with E-state index < -0.39 is 0 Å². The Hall–Kier alpha value is -0.0400. The Bertz CT molecular complexity index is 147. The van der Waals surface area contributed by atoms with Crippen molar-refractivity contribution < 1.29 is 4.74 Å². The van der Waals surface area contributed by atoms with Crippen LogP contribution in [0.5, 0.6) is 0 Å². The highest BCUT2D eigenvalue weighted by Crippen LogP contribution is 2.51. The van der Waals surface area contributed by atoms with Gasteiger partial charge in [-0.3, -0.25) is 0 Å². The molecule has 1 atom stereocenters. The lowest BCUT2D eigenvalue weighted by Crippen LogP contribution is -2.46. The van der Waals surface area contributed by atoms with E-state index in [1.807, 2.05) is 0 Å². The standard InChI is InChI=1S/C10H18O/c1-8(2)9-4-3-5-10(9)6-11-7-10/h8-9H,3-7H2,1-2H3. The van der Waals surface area contributed by atoms with Gasteiger partial charge in [0.1, 0.15) is 0 Å². The van der Waals surface area contributed by atoms with E-state index >= 15 is 0 Å². The summed E-state index contributed by atoms with van der Waals surface area (Å²) in [6.07, 6.45) is 4.31. The molecule has 2 rings (SSSR count). The van der Waals surface area contributed by atoms with E-state index in [2.05, 4.69) is 13.8 Å². The summed E-state index contributed by atoms with van der Waals surface area (Å²) in [4.78, 5) is 0. The Kier molecular flexibility index (Phi) is 1.71. The fourth-order valence-electron chi connectivity index (χ4n) is 2.93. The summed E-state index contributed by atoms with van der Waals surface area (Å²) in [5.74, 6) is 1.82. The first-order chi connectivity index (χ1) is 5.25. The second kappa shape index (κ2) is 2.48. The van der Waals surface area contributed by atoms with Crippen LogP contribution >= 0.6 is 0 Å². The molecule has 0 aromatic heterocycles. The molecule has 2 fully saturated rings. The van der Waals surface area contributed by atoms with Gasteiger partial charge in [-0.15, -0.1) is 0 Å². The summed E-state index contributed by atoms with van der Waals surface area (Å²) in [5, 5.41) is 0. The zero-order valence-corrected chi connectivity index (χ0v) is 7.60. The van der Waals surface area contributed by atoms with Crippen molar-refractivity contribution in [1.82, 2.24) is 0 Å². The average Bonchev–Trinajstić information content (AvgIpc) is 2.27. The van der Waals surface area contributed by atoms with Gasteiger partial charge < -0.3 is 4.74 Å². The van der Waals surface area contributed by atoms with Gasteiger partial charge in [-0.1, -0.05) is 20.3 Å². The largest absolute Gasteiger partial charge is 0.380 e. The third kappa shape index (κ3) is 1.01. The fraction of sp³-hybridized carbons (Fsp3) is 1.00. The molecule has 2 aliphatic rings. The molecule has 1 saturated heterocycles. The van der Waals surface area contributed by atoms with E-state index in [1.165, 1.54) is 19.3 Å². The van der Waals surface area contributed by atoms with Crippen LogP contribution in [-0.2, 0) is 4.74 Å². The molecular formula is C10H18O. The number of rotatable bonds is 1. The number of hydrogen-bond acceptors (Lipinski definition) is 1. The molecule has 0 aromatic rings. The van der Waals surface area contributed by atoms with Crippen molar-refractivity contribution in [2.45, 2.75) is 33.1 Å². The van der Waals surface area contributed by atoms with Crippen molar-refractivity contribution in [3.05, 3.63) is 0 Å². The van der Waals surface area contributed by atoms with E-state index in [0.717, 1.165) is 25.0 Å². The molecule has 0 N–H and O–H groups in total. The maximum Gasteiger partial charge on any atom is 0.0547 e. The van der Waals surface area contributed by atoms with Gasteiger partial charge in [0.25, 0.3) is 0 Å². The van der Waals surface area contributed by atoms with Gasteiger partial charge in [-0.05, 0) is 24.7 Å². The Balaban J connectivity index is 2.07. The van der Waals surface area contributed by atoms with Crippen LogP contribution in [0.4, 0.5) is 0 Å². The van der Waals surface area contributed by atoms with Crippen molar-refractivity contribution in [1.29, 1.82) is 0 Å². The van der Waals surface area contributed by atoms with Gasteiger partial charge in [-0.25, -0.2) is 0 Å². The summed E-state index contributed by atoms with van der Waals surface area (Å²) in [5.41, 5.74) is 0.633. The lowest BCUT2D eigenvalue weighted by molar-refractivity contribution is -0.142. The molecular weight excluding hydrogens is 136 g/mol. The Morgan fingerprint density at radius 2 is 2.09 bits per heavy atom. The predicted octanol–water partition coefficient (Wildman–Crippen LogP) is 2.46. The third-order valence-corrected chi connectivity index (χ3v) is 3.56. The van der Waals surface area contributed by atoms with Crippen LogP contribution in [0.15, 0.2) is 0 Å². The van der Waals surface area contributed by atoms with Crippen molar-refractivity contribution in [3.63, 3.8) is 0 Å². The van der Waals surface area contributed by atoms with Gasteiger partial charge in [0, 0.05) is 5.41 Å². The Labute approximate surface area is 69.1 Å². The molecule has 1 unspecified atom stereocenters. The number of ether oxygens (including phenoxy) is 1. The van der Waals surface area contributed by atoms with Crippen LogP contribution in [0.25, 0.3) is 0 Å². The van der Waals surface area contributed by atoms with Gasteiger partial charge in [0.15, 0.2) is 0 Å². The second-order valence-electron chi connectivity index (χ2n) is 4.60. The van der Waals surface area contributed by atoms with E-state index in [-0.39, 0.29) is 0 Å². The molecule has 11 heavy (non-hydrogen) atoms. The summed E-state index contributed by atoms with van der Waals surface area (Å²) in [7, 11) is 0. The van der Waals surface area contributed by atoms with Crippen molar-refractivity contribution in [3.8, 4) is 0 Å². The highest BCUT2D eigenvalue weighted by molar-refractivity contribution is 4.97. The zero-order chi connectivity index (χ0) is 7.90. The molecule has 0 bridgehead atoms. The zero-order valence-electron chi connectivity index (χ0n) is 7.60. The maximum atomic E-state index is 5.34. The second-order valence-corrected chi connectivity index (χ2v) is 4.60. The molecule has 0 radical (unpaired) electrons. The molecule has 1 nitrogen and oxygen atoms in total. The van der Waals surface area contributed by atoms with E-state index in [1.54, 1.807) is 0 Å². The maximum absolute atomic E-state index is 5.34. The fourth-order valence-corrected chi connectivity index (χ4v) is 2.93. The molecule has 1 heterocycles. The third-order valence-electron chi connectivity index (χ3n) is 3.56. The van der Waals surface area contributed by atoms with E-state index in [9.17, 15) is 0 Å². The minimum absolute atomic E-state index is 0.633. The average molecular weight is 154 g/mol. The molecule has 1 spiro atoms. The topological polar surface area (TPSA) is 9.23 Å². The highest BCUT2D eigenvalue weighted by atomic mass is 16.5. The van der Waals surface area contributed by atoms with Gasteiger partial charge in [-0.2, -0.15) is 0 Å². The van der Waals surface area contributed by atoms with Gasteiger partial charge in [0.05, 0.1) is 13.2 Å². The van der Waals surface area contributed by atoms with Crippen LogP contribution in [0.1, 0.15) is 33.1 Å². The first-order valence-electron chi connectivity index (χ1n) is 4.82. The molecule has 64 valence electrons. The SMILES string of the molecule is CC(C)C1CCCC12COC2. The minimum atomic E-state index is 0.633. The monoisotopic (exact) mass is 154 g/mol. The Morgan fingerprint density at radius 3 is 2.45 bits per heavy atom. The summed E-state index contributed by atoms with van der Waals surface area (Å²) in [6.45, 7) is 6.82. The lowest BCUT2D eigenvalue weighted by Gasteiger charge is -2.44. The van der Waals surface area contributed by atoms with Gasteiger partial charge in [0.2, 0.25) is 0 Å². The van der Waals surface area contributed by atoms with E-state index in [4.69, 9.17) is 4.74 Å². The number of hydrogen-bond donors (Lipinski definition) is 0. The first kappa shape index (κ1) is 7.60. The first-order valence-corrected chi connectivity index (χ1v) is 4.82. The van der Waals surface area contributed by atoms with Crippen molar-refractivity contribution in [2.75, 3.05) is 13.2 Å². The molecule has 0 amide bonds. The van der Waals surface area contributed by atoms with Crippen molar-refractivity contribution in [2.24, 2.45) is 17.3 Å². The summed E-state index contributed by atoms with van der Waals surface area (Å²) < 4.78 is 5.34. The van der Waals surface area contributed by atoms with Crippen LogP contribution in [0, 0.1) is 17.3 Å². The van der Waals surface area contributed by atoms with Crippen LogP contribution in [0.3, 0.4) is 0 Å². The molecule has 1 saturated carbocycles. The molecule has 1 heteroatoms. The van der Waals surface area contributed by atoms with Crippen LogP contribution < -0.4 is 0 Å². The lowest BCUT2D eigenvalue weighted by atomic mass is 9.71. The van der Waals surface area contributed by atoms with Crippen LogP contribution in [0.2, 0.25) is 0 Å².